The summed E-state index contributed by atoms with van der Waals surface area (Å²) >= 11 is 0. The molecule has 1 aromatic carbocycles. The Labute approximate surface area is 106 Å². The van der Waals surface area contributed by atoms with Gasteiger partial charge in [0, 0.05) is 16.6 Å². The third-order valence-electron chi connectivity index (χ3n) is 3.85. The lowest BCUT2D eigenvalue weighted by Gasteiger charge is -2.09. The summed E-state index contributed by atoms with van der Waals surface area (Å²) in [6.45, 7) is 0. The Bertz CT molecular complexity index is 598. The van der Waals surface area contributed by atoms with E-state index in [9.17, 15) is 4.79 Å². The largest absolute Gasteiger partial charge is 0.478 e. The second-order valence-electron chi connectivity index (χ2n) is 5.06. The van der Waals surface area contributed by atoms with E-state index < -0.39 is 5.97 Å². The molecule has 1 aliphatic rings. The van der Waals surface area contributed by atoms with Crippen molar-refractivity contribution in [1.82, 2.24) is 4.98 Å². The predicted octanol–water partition coefficient (Wildman–Crippen LogP) is 3.53. The molecule has 0 spiro atoms. The van der Waals surface area contributed by atoms with Crippen LogP contribution in [0.5, 0.6) is 0 Å². The molecule has 94 valence electrons. The Balaban J connectivity index is 2.15. The number of aromatic carboxylic acids is 1. The van der Waals surface area contributed by atoms with E-state index >= 15 is 0 Å². The lowest BCUT2D eigenvalue weighted by atomic mass is 9.96. The molecule has 0 aliphatic heterocycles. The zero-order chi connectivity index (χ0) is 12.5. The number of hydrogen-bond donors (Lipinski definition) is 2. The highest BCUT2D eigenvalue weighted by molar-refractivity contribution is 5.95. The van der Waals surface area contributed by atoms with E-state index in [0.29, 0.717) is 5.56 Å². The number of carboxylic acids is 1. The maximum atomic E-state index is 11.0. The zero-order valence-electron chi connectivity index (χ0n) is 10.3. The van der Waals surface area contributed by atoms with E-state index in [1.54, 1.807) is 6.07 Å². The summed E-state index contributed by atoms with van der Waals surface area (Å²) in [4.78, 5) is 14.5. The number of carboxylic acid groups (broad SMARTS) is 1. The van der Waals surface area contributed by atoms with Crippen molar-refractivity contribution < 1.29 is 9.90 Å². The van der Waals surface area contributed by atoms with E-state index in [4.69, 9.17) is 5.11 Å². The van der Waals surface area contributed by atoms with Gasteiger partial charge < -0.3 is 10.1 Å². The molecule has 0 radical (unpaired) electrons. The summed E-state index contributed by atoms with van der Waals surface area (Å²) in [5.74, 6) is -0.849. The average molecular weight is 243 g/mol. The van der Waals surface area contributed by atoms with Gasteiger partial charge >= 0.3 is 5.97 Å². The molecule has 3 heteroatoms. The van der Waals surface area contributed by atoms with Gasteiger partial charge in [0.25, 0.3) is 0 Å². The Kier molecular flexibility index (Phi) is 2.82. The van der Waals surface area contributed by atoms with Crippen LogP contribution in [0.3, 0.4) is 0 Å². The van der Waals surface area contributed by atoms with Crippen molar-refractivity contribution >= 4 is 16.9 Å². The SMILES string of the molecule is O=C(O)c1ccc2[nH]c3c(c2c1)CCCCCC3. The molecule has 0 saturated heterocycles. The maximum absolute atomic E-state index is 11.0. The van der Waals surface area contributed by atoms with Crippen molar-refractivity contribution in [3.63, 3.8) is 0 Å². The second-order valence-corrected chi connectivity index (χ2v) is 5.06. The van der Waals surface area contributed by atoms with Gasteiger partial charge in [0.2, 0.25) is 0 Å². The van der Waals surface area contributed by atoms with Crippen LogP contribution in [0, 0.1) is 0 Å². The lowest BCUT2D eigenvalue weighted by molar-refractivity contribution is 0.0697. The average Bonchev–Trinajstić information content (AvgIpc) is 2.65. The molecule has 2 N–H and O–H groups in total. The fraction of sp³-hybridized carbons (Fsp3) is 0.400. The molecule has 1 heterocycles. The molecule has 0 saturated carbocycles. The molecule has 0 fully saturated rings. The number of aromatic nitrogens is 1. The molecule has 0 bridgehead atoms. The van der Waals surface area contributed by atoms with Crippen LogP contribution in [0.1, 0.15) is 47.3 Å². The van der Waals surface area contributed by atoms with Gasteiger partial charge in [0.15, 0.2) is 0 Å². The first-order valence-electron chi connectivity index (χ1n) is 6.62. The number of nitrogens with one attached hydrogen (secondary N) is 1. The zero-order valence-corrected chi connectivity index (χ0v) is 10.3. The Hall–Kier alpha value is -1.77. The highest BCUT2D eigenvalue weighted by Gasteiger charge is 2.14. The monoisotopic (exact) mass is 243 g/mol. The summed E-state index contributed by atoms with van der Waals surface area (Å²) < 4.78 is 0. The highest BCUT2D eigenvalue weighted by atomic mass is 16.4. The molecule has 0 amide bonds. The standard InChI is InChI=1S/C15H17NO2/c17-15(18)10-7-8-14-12(9-10)11-5-3-1-2-4-6-13(11)16-14/h7-9,16H,1-6H2,(H,17,18). The number of carbonyl (C=O) groups is 1. The fourth-order valence-electron chi connectivity index (χ4n) is 2.89. The van der Waals surface area contributed by atoms with Crippen molar-refractivity contribution in [2.75, 3.05) is 0 Å². The summed E-state index contributed by atoms with van der Waals surface area (Å²) in [6.07, 6.45) is 7.17. The minimum Gasteiger partial charge on any atom is -0.478 e. The van der Waals surface area contributed by atoms with Crippen molar-refractivity contribution in [3.05, 3.63) is 35.0 Å². The predicted molar refractivity (Wildman–Crippen MR) is 71.1 cm³/mol. The van der Waals surface area contributed by atoms with E-state index in [1.165, 1.54) is 36.9 Å². The van der Waals surface area contributed by atoms with E-state index in [2.05, 4.69) is 4.98 Å². The van der Waals surface area contributed by atoms with Crippen LogP contribution < -0.4 is 0 Å². The molecular formula is C15H17NO2. The lowest BCUT2D eigenvalue weighted by Crippen LogP contribution is -1.98. The van der Waals surface area contributed by atoms with Gasteiger partial charge in [-0.1, -0.05) is 12.8 Å². The van der Waals surface area contributed by atoms with Crippen molar-refractivity contribution in [3.8, 4) is 0 Å². The van der Waals surface area contributed by atoms with Crippen LogP contribution in [0.15, 0.2) is 18.2 Å². The van der Waals surface area contributed by atoms with Crippen molar-refractivity contribution in [1.29, 1.82) is 0 Å². The number of benzene rings is 1. The first-order valence-corrected chi connectivity index (χ1v) is 6.62. The Morgan fingerprint density at radius 2 is 1.89 bits per heavy atom. The first kappa shape index (κ1) is 11.3. The van der Waals surface area contributed by atoms with Crippen molar-refractivity contribution in [2.24, 2.45) is 0 Å². The minimum absolute atomic E-state index is 0.381. The number of fused-ring (bicyclic) bond motifs is 3. The quantitative estimate of drug-likeness (QED) is 0.805. The van der Waals surface area contributed by atoms with E-state index in [-0.39, 0.29) is 0 Å². The second kappa shape index (κ2) is 4.48. The number of hydrogen-bond acceptors (Lipinski definition) is 1. The smallest absolute Gasteiger partial charge is 0.335 e. The number of aryl methyl sites for hydroxylation is 2. The molecule has 0 atom stereocenters. The van der Waals surface area contributed by atoms with Gasteiger partial charge in [-0.2, -0.15) is 0 Å². The summed E-state index contributed by atoms with van der Waals surface area (Å²) in [6, 6.07) is 5.38. The van der Waals surface area contributed by atoms with Gasteiger partial charge in [-0.3, -0.25) is 0 Å². The fourth-order valence-corrected chi connectivity index (χ4v) is 2.89. The molecule has 1 aromatic heterocycles. The van der Waals surface area contributed by atoms with Crippen LogP contribution >= 0.6 is 0 Å². The van der Waals surface area contributed by atoms with Gasteiger partial charge in [0.1, 0.15) is 0 Å². The minimum atomic E-state index is -0.849. The van der Waals surface area contributed by atoms with Gasteiger partial charge in [-0.25, -0.2) is 4.79 Å². The molecule has 1 aliphatic carbocycles. The van der Waals surface area contributed by atoms with Gasteiger partial charge in [-0.15, -0.1) is 0 Å². The number of H-pyrrole nitrogens is 1. The molecule has 3 rings (SSSR count). The van der Waals surface area contributed by atoms with E-state index in [0.717, 1.165) is 23.7 Å². The van der Waals surface area contributed by atoms with Crippen LogP contribution in [0.2, 0.25) is 0 Å². The topological polar surface area (TPSA) is 53.1 Å². The van der Waals surface area contributed by atoms with E-state index in [1.807, 2.05) is 12.1 Å². The van der Waals surface area contributed by atoms with Crippen LogP contribution in [-0.2, 0) is 12.8 Å². The number of rotatable bonds is 1. The Morgan fingerprint density at radius 3 is 2.67 bits per heavy atom. The highest BCUT2D eigenvalue weighted by Crippen LogP contribution is 2.28. The molecule has 0 unspecified atom stereocenters. The maximum Gasteiger partial charge on any atom is 0.335 e. The van der Waals surface area contributed by atoms with Crippen molar-refractivity contribution in [2.45, 2.75) is 38.5 Å². The summed E-state index contributed by atoms with van der Waals surface area (Å²) in [5, 5.41) is 10.2. The summed E-state index contributed by atoms with van der Waals surface area (Å²) in [7, 11) is 0. The third-order valence-corrected chi connectivity index (χ3v) is 3.85. The molecular weight excluding hydrogens is 226 g/mol. The molecule has 18 heavy (non-hydrogen) atoms. The van der Waals surface area contributed by atoms with Gasteiger partial charge in [0.05, 0.1) is 5.56 Å². The first-order chi connectivity index (χ1) is 8.75. The number of aromatic amines is 1. The normalized spacial score (nSPS) is 16.0. The van der Waals surface area contributed by atoms with Crippen LogP contribution in [0.4, 0.5) is 0 Å². The Morgan fingerprint density at radius 1 is 1.11 bits per heavy atom. The molecule has 2 aromatic rings. The third kappa shape index (κ3) is 1.90. The van der Waals surface area contributed by atoms with Gasteiger partial charge in [-0.05, 0) is 49.4 Å². The van der Waals surface area contributed by atoms with Crippen LogP contribution in [-0.4, -0.2) is 16.1 Å². The molecule has 3 nitrogen and oxygen atoms in total. The summed E-state index contributed by atoms with van der Waals surface area (Å²) in [5.41, 5.74) is 4.11. The van der Waals surface area contributed by atoms with Crippen LogP contribution in [0.25, 0.3) is 10.9 Å².